The predicted molar refractivity (Wildman–Crippen MR) is 189 cm³/mol. The normalized spacial score (nSPS) is 19.4. The van der Waals surface area contributed by atoms with E-state index in [0.29, 0.717) is 5.56 Å². The molecule has 7 rings (SSSR count). The van der Waals surface area contributed by atoms with Gasteiger partial charge in [0.15, 0.2) is 0 Å². The Hall–Kier alpha value is -3.73. The molecule has 3 fully saturated rings. The monoisotopic (exact) mass is 632 g/mol. The number of likely N-dealkylation sites (N-methyl/N-ethyl adjacent to an activating group) is 3. The quantitative estimate of drug-likeness (QED) is 0.305. The highest BCUT2D eigenvalue weighted by Crippen LogP contribution is 2.33. The fraction of sp³-hybridized carbons (Fsp3) is 0.447. The number of hydrogen-bond donors (Lipinski definition) is 0. The molecular weight excluding hydrogens is 584 g/mol. The molecule has 3 aliphatic heterocycles. The zero-order valence-electron chi connectivity index (χ0n) is 28.2. The lowest BCUT2D eigenvalue weighted by Gasteiger charge is -2.32. The maximum Gasteiger partial charge on any atom is 0.254 e. The van der Waals surface area contributed by atoms with Crippen molar-refractivity contribution >= 4 is 16.9 Å². The van der Waals surface area contributed by atoms with Gasteiger partial charge in [0.1, 0.15) is 0 Å². The largest absolute Gasteiger partial charge is 0.336 e. The molecule has 0 N–H and O–H groups in total. The van der Waals surface area contributed by atoms with E-state index in [9.17, 15) is 4.79 Å². The summed E-state index contributed by atoms with van der Waals surface area (Å²) in [6.07, 6.45) is 0. The van der Waals surface area contributed by atoms with Gasteiger partial charge in [0.2, 0.25) is 0 Å². The van der Waals surface area contributed by atoms with Crippen molar-refractivity contribution in [1.82, 2.24) is 39.4 Å². The molecule has 0 bridgehead atoms. The summed E-state index contributed by atoms with van der Waals surface area (Å²) in [5, 5.41) is 0. The third kappa shape index (κ3) is 7.55. The maximum atomic E-state index is 13.5. The molecule has 47 heavy (non-hydrogen) atoms. The van der Waals surface area contributed by atoms with Crippen LogP contribution >= 0.6 is 0 Å². The van der Waals surface area contributed by atoms with Gasteiger partial charge in [0.25, 0.3) is 5.91 Å². The molecule has 246 valence electrons. The predicted octanol–water partition coefficient (Wildman–Crippen LogP) is 3.85. The van der Waals surface area contributed by atoms with E-state index in [-0.39, 0.29) is 5.91 Å². The Morgan fingerprint density at radius 3 is 1.53 bits per heavy atom. The Kier molecular flexibility index (Phi) is 9.60. The average molecular weight is 633 g/mol. The van der Waals surface area contributed by atoms with E-state index in [0.717, 1.165) is 125 Å². The molecule has 9 heteroatoms. The zero-order chi connectivity index (χ0) is 32.3. The van der Waals surface area contributed by atoms with E-state index in [1.807, 2.05) is 23.1 Å². The zero-order valence-corrected chi connectivity index (χ0v) is 28.2. The van der Waals surface area contributed by atoms with Crippen molar-refractivity contribution in [2.45, 2.75) is 13.1 Å². The van der Waals surface area contributed by atoms with E-state index in [2.05, 4.69) is 94.2 Å². The first kappa shape index (κ1) is 31.8. The molecule has 9 nitrogen and oxygen atoms in total. The molecule has 0 spiro atoms. The van der Waals surface area contributed by atoms with E-state index in [1.54, 1.807) is 0 Å². The number of fused-ring (bicyclic) bond motifs is 1. The van der Waals surface area contributed by atoms with Crippen LogP contribution in [0.4, 0.5) is 0 Å². The third-order valence-corrected chi connectivity index (χ3v) is 10.1. The Bertz CT molecular complexity index is 1700. The molecule has 1 aromatic heterocycles. The van der Waals surface area contributed by atoms with Crippen LogP contribution in [0.5, 0.6) is 0 Å². The van der Waals surface area contributed by atoms with Crippen LogP contribution in [0.2, 0.25) is 0 Å². The molecule has 0 aliphatic carbocycles. The molecule has 4 aromatic rings. The summed E-state index contributed by atoms with van der Waals surface area (Å²) in [6, 6.07) is 23.5. The van der Waals surface area contributed by atoms with Gasteiger partial charge in [-0.15, -0.1) is 0 Å². The van der Waals surface area contributed by atoms with Gasteiger partial charge in [-0.3, -0.25) is 14.6 Å². The average Bonchev–Trinajstić information content (AvgIpc) is 3.10. The molecule has 3 aliphatic rings. The third-order valence-electron chi connectivity index (χ3n) is 10.1. The number of amides is 1. The van der Waals surface area contributed by atoms with Gasteiger partial charge in [-0.05, 0) is 62.6 Å². The lowest BCUT2D eigenvalue weighted by Crippen LogP contribution is -2.47. The minimum atomic E-state index is 0.0678. The summed E-state index contributed by atoms with van der Waals surface area (Å²) >= 11 is 0. The van der Waals surface area contributed by atoms with E-state index >= 15 is 0 Å². The Morgan fingerprint density at radius 2 is 1.02 bits per heavy atom. The molecule has 0 atom stereocenters. The number of benzene rings is 3. The van der Waals surface area contributed by atoms with E-state index < -0.39 is 0 Å². The minimum absolute atomic E-state index is 0.0678. The van der Waals surface area contributed by atoms with Gasteiger partial charge >= 0.3 is 0 Å². The van der Waals surface area contributed by atoms with Crippen molar-refractivity contribution in [1.29, 1.82) is 0 Å². The Morgan fingerprint density at radius 1 is 0.553 bits per heavy atom. The van der Waals surface area contributed by atoms with Crippen molar-refractivity contribution in [2.24, 2.45) is 0 Å². The fourth-order valence-corrected chi connectivity index (χ4v) is 6.94. The van der Waals surface area contributed by atoms with Gasteiger partial charge in [-0.2, -0.15) is 0 Å². The van der Waals surface area contributed by atoms with E-state index in [4.69, 9.17) is 9.97 Å². The SMILES string of the molecule is CN1CCN(Cc2cccc(-c3nc4ccc(C(=O)N5CCN(C)CC5)cc4nc3-c3cccc(CN4CCN(C)CC4)c3)c2)CC1. The summed E-state index contributed by atoms with van der Waals surface area (Å²) in [5.41, 5.74) is 8.67. The number of aromatic nitrogens is 2. The van der Waals surface area contributed by atoms with Gasteiger partial charge in [-0.1, -0.05) is 36.4 Å². The first-order valence-electron chi connectivity index (χ1n) is 17.2. The fourth-order valence-electron chi connectivity index (χ4n) is 6.94. The minimum Gasteiger partial charge on any atom is -0.336 e. The second-order valence-electron chi connectivity index (χ2n) is 13.8. The van der Waals surface area contributed by atoms with Crippen LogP contribution in [-0.4, -0.2) is 145 Å². The van der Waals surface area contributed by atoms with Crippen LogP contribution in [-0.2, 0) is 13.1 Å². The van der Waals surface area contributed by atoms with Crippen LogP contribution in [0.25, 0.3) is 33.5 Å². The van der Waals surface area contributed by atoms with Crippen molar-refractivity contribution in [3.05, 3.63) is 83.4 Å². The summed E-state index contributed by atoms with van der Waals surface area (Å²) < 4.78 is 0. The molecule has 4 heterocycles. The number of carbonyl (C=O) groups is 1. The lowest BCUT2D eigenvalue weighted by atomic mass is 9.99. The first-order chi connectivity index (χ1) is 22.9. The number of carbonyl (C=O) groups excluding carboxylic acids is 1. The molecule has 1 amide bonds. The van der Waals surface area contributed by atoms with Gasteiger partial charge in [0.05, 0.1) is 22.4 Å². The smallest absolute Gasteiger partial charge is 0.254 e. The Balaban J connectivity index is 1.25. The van der Waals surface area contributed by atoms with Crippen molar-refractivity contribution in [3.63, 3.8) is 0 Å². The summed E-state index contributed by atoms with van der Waals surface area (Å²) in [7, 11) is 6.50. The summed E-state index contributed by atoms with van der Waals surface area (Å²) in [4.78, 5) is 38.1. The molecular formula is C38H48N8O. The van der Waals surface area contributed by atoms with Gasteiger partial charge in [-0.25, -0.2) is 9.97 Å². The van der Waals surface area contributed by atoms with Crippen molar-refractivity contribution < 1.29 is 4.79 Å². The number of hydrogen-bond acceptors (Lipinski definition) is 8. The first-order valence-corrected chi connectivity index (χ1v) is 17.2. The van der Waals surface area contributed by atoms with Gasteiger partial charge < -0.3 is 19.6 Å². The van der Waals surface area contributed by atoms with Crippen LogP contribution in [0, 0.1) is 0 Å². The number of rotatable bonds is 7. The number of piperazine rings is 3. The van der Waals surface area contributed by atoms with E-state index in [1.165, 1.54) is 11.1 Å². The maximum absolute atomic E-state index is 13.5. The van der Waals surface area contributed by atoms with Crippen LogP contribution < -0.4 is 0 Å². The standard InChI is InChI=1S/C38H48N8O/c1-41-12-18-44(19-13-41)27-29-6-4-8-31(24-29)36-37(32-9-5-7-30(25-32)28-45-20-14-42(2)15-21-45)40-35-26-33(10-11-34(35)39-36)38(47)46-22-16-43(3)17-23-46/h4-11,24-26H,12-23,27-28H2,1-3H3. The highest BCUT2D eigenvalue weighted by molar-refractivity contribution is 5.98. The summed E-state index contributed by atoms with van der Waals surface area (Å²) in [6.45, 7) is 13.8. The summed E-state index contributed by atoms with van der Waals surface area (Å²) in [5.74, 6) is 0.0678. The van der Waals surface area contributed by atoms with Crippen LogP contribution in [0.15, 0.2) is 66.7 Å². The topological polar surface area (TPSA) is 62.3 Å². The Labute approximate surface area is 279 Å². The second-order valence-corrected chi connectivity index (χ2v) is 13.8. The molecule has 3 saturated heterocycles. The van der Waals surface area contributed by atoms with Crippen LogP contribution in [0.1, 0.15) is 21.5 Å². The molecule has 0 saturated carbocycles. The highest BCUT2D eigenvalue weighted by atomic mass is 16.2. The van der Waals surface area contributed by atoms with Crippen molar-refractivity contribution in [2.75, 3.05) is 99.7 Å². The van der Waals surface area contributed by atoms with Gasteiger partial charge in [0, 0.05) is 108 Å². The highest BCUT2D eigenvalue weighted by Gasteiger charge is 2.22. The van der Waals surface area contributed by atoms with Crippen molar-refractivity contribution in [3.8, 4) is 22.5 Å². The number of nitrogens with zero attached hydrogens (tertiary/aromatic N) is 8. The molecule has 0 unspecified atom stereocenters. The molecule has 0 radical (unpaired) electrons. The second kappa shape index (κ2) is 14.2. The van der Waals surface area contributed by atoms with Crippen LogP contribution in [0.3, 0.4) is 0 Å². The molecule has 3 aromatic carbocycles. The lowest BCUT2D eigenvalue weighted by molar-refractivity contribution is 0.0664.